The molecule has 1 unspecified atom stereocenters. The monoisotopic (exact) mass is 269 g/mol. The SMILES string of the molecule is COc1ccc(C(O)CNCCCCSC)cc1. The summed E-state index contributed by atoms with van der Waals surface area (Å²) in [6.45, 7) is 1.57. The summed E-state index contributed by atoms with van der Waals surface area (Å²) in [5.74, 6) is 2.03. The van der Waals surface area contributed by atoms with Gasteiger partial charge in [-0.3, -0.25) is 0 Å². The van der Waals surface area contributed by atoms with Gasteiger partial charge in [0, 0.05) is 6.54 Å². The maximum Gasteiger partial charge on any atom is 0.118 e. The molecule has 0 spiro atoms. The van der Waals surface area contributed by atoms with E-state index in [2.05, 4.69) is 11.6 Å². The minimum absolute atomic E-state index is 0.448. The molecular weight excluding hydrogens is 246 g/mol. The van der Waals surface area contributed by atoms with Crippen molar-refractivity contribution in [2.45, 2.75) is 18.9 Å². The number of rotatable bonds is 9. The first kappa shape index (κ1) is 15.3. The zero-order valence-corrected chi connectivity index (χ0v) is 12.0. The van der Waals surface area contributed by atoms with Crippen molar-refractivity contribution >= 4 is 11.8 Å². The number of thioether (sulfide) groups is 1. The van der Waals surface area contributed by atoms with Crippen LogP contribution in [0.2, 0.25) is 0 Å². The van der Waals surface area contributed by atoms with Crippen molar-refractivity contribution in [2.75, 3.05) is 32.2 Å². The molecule has 102 valence electrons. The molecular formula is C14H23NO2S. The third-order valence-corrected chi connectivity index (χ3v) is 3.49. The molecule has 3 nitrogen and oxygen atoms in total. The minimum atomic E-state index is -0.448. The number of methoxy groups -OCH3 is 1. The highest BCUT2D eigenvalue weighted by Crippen LogP contribution is 2.16. The molecule has 1 atom stereocenters. The average Bonchev–Trinajstić information content (AvgIpc) is 2.42. The molecule has 18 heavy (non-hydrogen) atoms. The van der Waals surface area contributed by atoms with Crippen molar-refractivity contribution in [2.24, 2.45) is 0 Å². The molecule has 0 saturated heterocycles. The van der Waals surface area contributed by atoms with Crippen LogP contribution < -0.4 is 10.1 Å². The fraction of sp³-hybridized carbons (Fsp3) is 0.571. The van der Waals surface area contributed by atoms with Crippen LogP contribution in [0, 0.1) is 0 Å². The van der Waals surface area contributed by atoms with E-state index in [4.69, 9.17) is 4.74 Å². The van der Waals surface area contributed by atoms with Gasteiger partial charge in [-0.2, -0.15) is 11.8 Å². The quantitative estimate of drug-likeness (QED) is 0.676. The molecule has 0 saturated carbocycles. The van der Waals surface area contributed by atoms with Gasteiger partial charge in [0.1, 0.15) is 5.75 Å². The first-order valence-electron chi connectivity index (χ1n) is 6.29. The Morgan fingerprint density at radius 2 is 2.00 bits per heavy atom. The Labute approximate surface area is 114 Å². The van der Waals surface area contributed by atoms with Crippen LogP contribution in [0.1, 0.15) is 24.5 Å². The van der Waals surface area contributed by atoms with E-state index in [0.29, 0.717) is 6.54 Å². The summed E-state index contributed by atoms with van der Waals surface area (Å²) in [6, 6.07) is 7.55. The highest BCUT2D eigenvalue weighted by Gasteiger charge is 2.06. The molecule has 0 amide bonds. The number of aliphatic hydroxyl groups is 1. The topological polar surface area (TPSA) is 41.5 Å². The van der Waals surface area contributed by atoms with Gasteiger partial charge in [-0.15, -0.1) is 0 Å². The first-order chi connectivity index (χ1) is 8.77. The van der Waals surface area contributed by atoms with E-state index >= 15 is 0 Å². The van der Waals surface area contributed by atoms with E-state index in [1.807, 2.05) is 36.0 Å². The maximum absolute atomic E-state index is 9.98. The average molecular weight is 269 g/mol. The number of ether oxygens (including phenoxy) is 1. The maximum atomic E-state index is 9.98. The lowest BCUT2D eigenvalue weighted by atomic mass is 10.1. The van der Waals surface area contributed by atoms with E-state index < -0.39 is 6.10 Å². The second-order valence-electron chi connectivity index (χ2n) is 4.19. The molecule has 0 aliphatic heterocycles. The lowest BCUT2D eigenvalue weighted by Gasteiger charge is -2.12. The van der Waals surface area contributed by atoms with Crippen molar-refractivity contribution in [1.29, 1.82) is 0 Å². The third kappa shape index (κ3) is 5.76. The summed E-state index contributed by atoms with van der Waals surface area (Å²) in [4.78, 5) is 0. The summed E-state index contributed by atoms with van der Waals surface area (Å²) in [6.07, 6.45) is 4.07. The van der Waals surface area contributed by atoms with Gasteiger partial charge in [-0.25, -0.2) is 0 Å². The molecule has 4 heteroatoms. The summed E-state index contributed by atoms with van der Waals surface area (Å²) in [5.41, 5.74) is 0.924. The molecule has 0 aliphatic carbocycles. The standard InChI is InChI=1S/C14H23NO2S/c1-17-13-7-5-12(6-8-13)14(16)11-15-9-3-4-10-18-2/h5-8,14-16H,3-4,9-11H2,1-2H3. The highest BCUT2D eigenvalue weighted by molar-refractivity contribution is 7.98. The van der Waals surface area contributed by atoms with Gasteiger partial charge in [0.25, 0.3) is 0 Å². The summed E-state index contributed by atoms with van der Waals surface area (Å²) >= 11 is 1.88. The van der Waals surface area contributed by atoms with Crippen LogP contribution >= 0.6 is 11.8 Å². The second-order valence-corrected chi connectivity index (χ2v) is 5.18. The summed E-state index contributed by atoms with van der Waals surface area (Å²) in [5, 5.41) is 13.3. The Kier molecular flexibility index (Phi) is 7.89. The Morgan fingerprint density at radius 3 is 2.61 bits per heavy atom. The number of nitrogens with one attached hydrogen (secondary N) is 1. The zero-order chi connectivity index (χ0) is 13.2. The molecule has 0 aromatic heterocycles. The Balaban J connectivity index is 2.21. The number of hydrogen-bond donors (Lipinski definition) is 2. The lowest BCUT2D eigenvalue weighted by Crippen LogP contribution is -2.22. The van der Waals surface area contributed by atoms with Crippen LogP contribution in [0.3, 0.4) is 0 Å². The first-order valence-corrected chi connectivity index (χ1v) is 7.69. The van der Waals surface area contributed by atoms with Gasteiger partial charge in [0.2, 0.25) is 0 Å². The van der Waals surface area contributed by atoms with Crippen molar-refractivity contribution in [3.63, 3.8) is 0 Å². The normalized spacial score (nSPS) is 12.4. The van der Waals surface area contributed by atoms with Crippen LogP contribution in [0.5, 0.6) is 5.75 Å². The molecule has 1 rings (SSSR count). The van der Waals surface area contributed by atoms with Crippen LogP contribution in [0.4, 0.5) is 0 Å². The molecule has 0 radical (unpaired) electrons. The van der Waals surface area contributed by atoms with E-state index in [1.54, 1.807) is 7.11 Å². The van der Waals surface area contributed by atoms with Gasteiger partial charge >= 0.3 is 0 Å². The fourth-order valence-corrected chi connectivity index (χ4v) is 2.17. The molecule has 1 aromatic carbocycles. The van der Waals surface area contributed by atoms with Crippen molar-refractivity contribution in [3.05, 3.63) is 29.8 Å². The smallest absolute Gasteiger partial charge is 0.118 e. The number of unbranched alkanes of at least 4 members (excludes halogenated alkanes) is 1. The third-order valence-electron chi connectivity index (χ3n) is 2.79. The van der Waals surface area contributed by atoms with E-state index in [0.717, 1.165) is 24.3 Å². The van der Waals surface area contributed by atoms with Crippen LogP contribution in [0.15, 0.2) is 24.3 Å². The summed E-state index contributed by atoms with van der Waals surface area (Å²) in [7, 11) is 1.64. The summed E-state index contributed by atoms with van der Waals surface area (Å²) < 4.78 is 5.09. The molecule has 0 bridgehead atoms. The van der Waals surface area contributed by atoms with Gasteiger partial charge in [-0.05, 0) is 49.1 Å². The van der Waals surface area contributed by atoms with E-state index in [9.17, 15) is 5.11 Å². The number of benzene rings is 1. The number of hydrogen-bond acceptors (Lipinski definition) is 4. The molecule has 0 fully saturated rings. The highest BCUT2D eigenvalue weighted by atomic mass is 32.2. The molecule has 0 heterocycles. The van der Waals surface area contributed by atoms with E-state index in [-0.39, 0.29) is 0 Å². The minimum Gasteiger partial charge on any atom is -0.497 e. The lowest BCUT2D eigenvalue weighted by molar-refractivity contribution is 0.174. The van der Waals surface area contributed by atoms with Crippen molar-refractivity contribution in [1.82, 2.24) is 5.32 Å². The van der Waals surface area contributed by atoms with Crippen LogP contribution in [0.25, 0.3) is 0 Å². The predicted molar refractivity (Wildman–Crippen MR) is 78.4 cm³/mol. The number of aliphatic hydroxyl groups excluding tert-OH is 1. The van der Waals surface area contributed by atoms with Gasteiger partial charge < -0.3 is 15.2 Å². The Hall–Kier alpha value is -0.710. The van der Waals surface area contributed by atoms with Gasteiger partial charge in [0.15, 0.2) is 0 Å². The second kappa shape index (κ2) is 9.25. The van der Waals surface area contributed by atoms with Crippen LogP contribution in [-0.4, -0.2) is 37.3 Å². The van der Waals surface area contributed by atoms with Crippen molar-refractivity contribution in [3.8, 4) is 5.75 Å². The van der Waals surface area contributed by atoms with Gasteiger partial charge in [-0.1, -0.05) is 12.1 Å². The fourth-order valence-electron chi connectivity index (χ4n) is 1.68. The predicted octanol–water partition coefficient (Wildman–Crippen LogP) is 2.46. The Morgan fingerprint density at radius 1 is 1.28 bits per heavy atom. The zero-order valence-electron chi connectivity index (χ0n) is 11.2. The van der Waals surface area contributed by atoms with Crippen molar-refractivity contribution < 1.29 is 9.84 Å². The molecule has 2 N–H and O–H groups in total. The van der Waals surface area contributed by atoms with Crippen LogP contribution in [-0.2, 0) is 0 Å². The van der Waals surface area contributed by atoms with Gasteiger partial charge in [0.05, 0.1) is 13.2 Å². The largest absolute Gasteiger partial charge is 0.497 e. The molecule has 1 aromatic rings. The molecule has 0 aliphatic rings. The Bertz CT molecular complexity index is 316. The van der Waals surface area contributed by atoms with E-state index in [1.165, 1.54) is 12.2 Å².